The summed E-state index contributed by atoms with van der Waals surface area (Å²) in [5.41, 5.74) is 1.00. The number of rotatable bonds is 3. The van der Waals surface area contributed by atoms with Crippen molar-refractivity contribution in [1.29, 1.82) is 0 Å². The average molecular weight is 314 g/mol. The van der Waals surface area contributed by atoms with Gasteiger partial charge in [0.25, 0.3) is 0 Å². The number of fused-ring (bicyclic) bond motifs is 1. The number of nitrogens with zero attached hydrogens (tertiary/aromatic N) is 2. The first-order valence-corrected chi connectivity index (χ1v) is 6.56. The van der Waals surface area contributed by atoms with Gasteiger partial charge in [-0.05, 0) is 12.1 Å². The average Bonchev–Trinajstić information content (AvgIpc) is 2.53. The number of esters is 2. The van der Waals surface area contributed by atoms with Crippen molar-refractivity contribution in [3.05, 3.63) is 36.0 Å². The van der Waals surface area contributed by atoms with Crippen LogP contribution in [0.25, 0.3) is 10.9 Å². The number of cyclic esters (lactones) is 2. The molecule has 3 rings (SSSR count). The molecule has 1 aliphatic rings. The molecule has 0 spiro atoms. The lowest BCUT2D eigenvalue weighted by molar-refractivity contribution is -0.178. The molecule has 0 saturated carbocycles. The van der Waals surface area contributed by atoms with Gasteiger partial charge in [-0.15, -0.1) is 0 Å². The highest BCUT2D eigenvalue weighted by molar-refractivity contribution is 6.14. The maximum absolute atomic E-state index is 11.7. The Kier molecular flexibility index (Phi) is 3.49. The number of pyridine rings is 1. The number of para-hydroxylation sites is 1. The maximum atomic E-state index is 11.7. The molecule has 1 aliphatic heterocycles. The van der Waals surface area contributed by atoms with Crippen LogP contribution in [0.2, 0.25) is 0 Å². The number of amides is 1. The van der Waals surface area contributed by atoms with E-state index in [1.54, 1.807) is 30.3 Å². The van der Waals surface area contributed by atoms with Crippen molar-refractivity contribution < 1.29 is 28.7 Å². The molecule has 0 aliphatic carbocycles. The van der Waals surface area contributed by atoms with Gasteiger partial charge in [0.05, 0.1) is 16.9 Å². The molecule has 8 heteroatoms. The molecular weight excluding hydrogens is 304 g/mol. The molecule has 2 aromatic rings. The van der Waals surface area contributed by atoms with Gasteiger partial charge in [0.2, 0.25) is 0 Å². The minimum absolute atomic E-state index is 0.0336. The minimum Gasteiger partial charge on any atom is -0.391 e. The zero-order valence-electron chi connectivity index (χ0n) is 11.9. The van der Waals surface area contributed by atoms with E-state index in [-0.39, 0.29) is 12.2 Å². The highest BCUT2D eigenvalue weighted by Crippen LogP contribution is 2.30. The predicted molar refractivity (Wildman–Crippen MR) is 76.5 cm³/mol. The van der Waals surface area contributed by atoms with Crippen LogP contribution in [0.3, 0.4) is 0 Å². The Balaban J connectivity index is 2.08. The van der Waals surface area contributed by atoms with Crippen molar-refractivity contribution >= 4 is 41.1 Å². The van der Waals surface area contributed by atoms with Crippen molar-refractivity contribution in [1.82, 2.24) is 4.98 Å². The molecule has 0 atom stereocenters. The Hall–Kier alpha value is -3.29. The van der Waals surface area contributed by atoms with Crippen LogP contribution < -0.4 is 4.90 Å². The molecule has 0 N–H and O–H groups in total. The summed E-state index contributed by atoms with van der Waals surface area (Å²) in [7, 11) is 1.41. The van der Waals surface area contributed by atoms with Gasteiger partial charge < -0.3 is 9.47 Å². The molecule has 23 heavy (non-hydrogen) atoms. The van der Waals surface area contributed by atoms with Gasteiger partial charge in [0.1, 0.15) is 0 Å². The van der Waals surface area contributed by atoms with Gasteiger partial charge in [-0.25, -0.2) is 9.78 Å². The maximum Gasteiger partial charge on any atom is 0.421 e. The van der Waals surface area contributed by atoms with Crippen molar-refractivity contribution in [2.24, 2.45) is 0 Å². The zero-order chi connectivity index (χ0) is 16.6. The molecule has 116 valence electrons. The quantitative estimate of drug-likeness (QED) is 0.475. The minimum atomic E-state index is -1.04. The smallest absolute Gasteiger partial charge is 0.391 e. The Morgan fingerprint density at radius 2 is 2.00 bits per heavy atom. The van der Waals surface area contributed by atoms with Gasteiger partial charge in [-0.3, -0.25) is 19.3 Å². The SMILES string of the molecule is CN(C(=O)OC=O)c1cccc2ccc(C3C(=O)OC3=O)nc12. The Bertz CT molecular complexity index is 833. The number of hydrogen-bond acceptors (Lipinski definition) is 7. The molecule has 1 fully saturated rings. The molecule has 1 aromatic heterocycles. The van der Waals surface area contributed by atoms with Gasteiger partial charge in [-0.2, -0.15) is 0 Å². The lowest BCUT2D eigenvalue weighted by Gasteiger charge is -2.22. The van der Waals surface area contributed by atoms with Crippen LogP contribution in [0.1, 0.15) is 11.6 Å². The second-order valence-corrected chi connectivity index (χ2v) is 4.80. The topological polar surface area (TPSA) is 103 Å². The number of carbonyl (C=O) groups excluding carboxylic acids is 4. The van der Waals surface area contributed by atoms with Crippen LogP contribution >= 0.6 is 0 Å². The third kappa shape index (κ3) is 2.39. The molecule has 0 radical (unpaired) electrons. The van der Waals surface area contributed by atoms with E-state index >= 15 is 0 Å². The Morgan fingerprint density at radius 1 is 1.26 bits per heavy atom. The fourth-order valence-electron chi connectivity index (χ4n) is 2.29. The van der Waals surface area contributed by atoms with E-state index in [0.717, 1.165) is 4.90 Å². The highest BCUT2D eigenvalue weighted by atomic mass is 16.6. The van der Waals surface area contributed by atoms with Crippen LogP contribution in [0.4, 0.5) is 10.5 Å². The van der Waals surface area contributed by atoms with E-state index < -0.39 is 23.9 Å². The first-order valence-electron chi connectivity index (χ1n) is 6.56. The highest BCUT2D eigenvalue weighted by Gasteiger charge is 2.44. The predicted octanol–water partition coefficient (Wildman–Crippen LogP) is 1.13. The van der Waals surface area contributed by atoms with E-state index in [2.05, 4.69) is 14.5 Å². The van der Waals surface area contributed by atoms with E-state index in [9.17, 15) is 19.2 Å². The first-order chi connectivity index (χ1) is 11.0. The van der Waals surface area contributed by atoms with Crippen LogP contribution in [-0.4, -0.2) is 36.5 Å². The fourth-order valence-corrected chi connectivity index (χ4v) is 2.29. The number of ether oxygens (including phenoxy) is 2. The number of benzene rings is 1. The van der Waals surface area contributed by atoms with E-state index in [1.807, 2.05) is 0 Å². The first kappa shape index (κ1) is 14.6. The second kappa shape index (κ2) is 5.48. The summed E-state index contributed by atoms with van der Waals surface area (Å²) in [6.45, 7) is 0.0336. The zero-order valence-corrected chi connectivity index (χ0v) is 11.9. The molecule has 1 aromatic carbocycles. The lowest BCUT2D eigenvalue weighted by atomic mass is 10.00. The van der Waals surface area contributed by atoms with Gasteiger partial charge in [0, 0.05) is 12.4 Å². The third-order valence-electron chi connectivity index (χ3n) is 3.47. The number of anilines is 1. The summed E-state index contributed by atoms with van der Waals surface area (Å²) in [5, 5.41) is 0.692. The van der Waals surface area contributed by atoms with Gasteiger partial charge in [-0.1, -0.05) is 18.2 Å². The van der Waals surface area contributed by atoms with Gasteiger partial charge >= 0.3 is 24.5 Å². The number of carbonyl (C=O) groups is 4. The summed E-state index contributed by atoms with van der Waals surface area (Å²) < 4.78 is 8.63. The summed E-state index contributed by atoms with van der Waals surface area (Å²) in [6.07, 6.45) is -0.876. The third-order valence-corrected chi connectivity index (χ3v) is 3.47. The van der Waals surface area contributed by atoms with Crippen molar-refractivity contribution in [2.75, 3.05) is 11.9 Å². The van der Waals surface area contributed by atoms with Crippen LogP contribution in [0, 0.1) is 0 Å². The van der Waals surface area contributed by atoms with Crippen molar-refractivity contribution in [3.63, 3.8) is 0 Å². The molecule has 2 heterocycles. The molecular formula is C15H10N2O6. The Labute approximate surface area is 129 Å². The van der Waals surface area contributed by atoms with Gasteiger partial charge in [0.15, 0.2) is 5.92 Å². The fraction of sp³-hybridized carbons (Fsp3) is 0.133. The number of aromatic nitrogens is 1. The monoisotopic (exact) mass is 314 g/mol. The van der Waals surface area contributed by atoms with Crippen molar-refractivity contribution in [3.8, 4) is 0 Å². The molecule has 1 saturated heterocycles. The molecule has 0 unspecified atom stereocenters. The molecule has 8 nitrogen and oxygen atoms in total. The van der Waals surface area contributed by atoms with E-state index in [4.69, 9.17) is 0 Å². The molecule has 1 amide bonds. The van der Waals surface area contributed by atoms with Crippen LogP contribution in [0.15, 0.2) is 30.3 Å². The van der Waals surface area contributed by atoms with E-state index in [1.165, 1.54) is 7.05 Å². The molecule has 0 bridgehead atoms. The largest absolute Gasteiger partial charge is 0.421 e. The summed E-state index contributed by atoms with van der Waals surface area (Å²) in [4.78, 5) is 50.2. The Morgan fingerprint density at radius 3 is 2.65 bits per heavy atom. The normalized spacial score (nSPS) is 14.1. The summed E-state index contributed by atoms with van der Waals surface area (Å²) >= 11 is 0. The van der Waals surface area contributed by atoms with Crippen molar-refractivity contribution in [2.45, 2.75) is 5.92 Å². The number of hydrogen-bond donors (Lipinski definition) is 0. The summed E-state index contributed by atoms with van der Waals surface area (Å²) in [5.74, 6) is -2.36. The van der Waals surface area contributed by atoms with Crippen LogP contribution in [0.5, 0.6) is 0 Å². The summed E-state index contributed by atoms with van der Waals surface area (Å²) in [6, 6.07) is 8.30. The standard InChI is InChI=1S/C15H10N2O6/c1-17(15(21)22-7-18)10-4-2-3-8-5-6-9(16-12(8)10)11-13(19)23-14(11)20/h2-7,11H,1H3. The van der Waals surface area contributed by atoms with Crippen LogP contribution in [-0.2, 0) is 23.9 Å². The lowest BCUT2D eigenvalue weighted by Crippen LogP contribution is -2.39. The second-order valence-electron chi connectivity index (χ2n) is 4.80. The van der Waals surface area contributed by atoms with E-state index in [0.29, 0.717) is 16.6 Å².